The molecule has 4 nitrogen and oxygen atoms in total. The largest absolute Gasteiger partial charge is 0.456 e. The number of benzene rings is 3. The van der Waals surface area contributed by atoms with Gasteiger partial charge in [0.1, 0.15) is 17.2 Å². The van der Waals surface area contributed by atoms with Gasteiger partial charge in [-0.1, -0.05) is 54.6 Å². The zero-order valence-electron chi connectivity index (χ0n) is 16.2. The highest BCUT2D eigenvalue weighted by Gasteiger charge is 2.20. The Kier molecular flexibility index (Phi) is 5.58. The first-order valence-electron chi connectivity index (χ1n) is 9.39. The molecule has 3 aromatic carbocycles. The summed E-state index contributed by atoms with van der Waals surface area (Å²) in [7, 11) is 0. The summed E-state index contributed by atoms with van der Waals surface area (Å²) < 4.78 is 11.6. The number of nitrogens with one attached hydrogen (secondary N) is 1. The second kappa shape index (κ2) is 8.45. The van der Waals surface area contributed by atoms with Crippen molar-refractivity contribution in [1.82, 2.24) is 5.32 Å². The lowest BCUT2D eigenvalue weighted by Crippen LogP contribution is -2.32. The summed E-state index contributed by atoms with van der Waals surface area (Å²) in [6.45, 7) is 3.84. The molecule has 3 aromatic rings. The number of carbonyl (C=O) groups is 1. The van der Waals surface area contributed by atoms with Crippen molar-refractivity contribution in [2.45, 2.75) is 19.2 Å². The summed E-state index contributed by atoms with van der Waals surface area (Å²) in [5.41, 5.74) is 2.91. The molecule has 4 rings (SSSR count). The van der Waals surface area contributed by atoms with Gasteiger partial charge in [-0.15, -0.1) is 11.8 Å². The zero-order valence-corrected chi connectivity index (χ0v) is 17.0. The van der Waals surface area contributed by atoms with Crippen LogP contribution in [0.25, 0.3) is 11.0 Å². The normalized spacial score (nSPS) is 13.1. The molecule has 1 atom stereocenters. The highest BCUT2D eigenvalue weighted by Crippen LogP contribution is 2.43. The standard InChI is InChI=1S/C24H21NO3S/c1-16-9-3-6-12-20(16)28-24(26)25-17(2)29-23-15-18-10-4-7-13-21(18)27-22-14-8-5-11-19(22)23/h3-15,17H,1-2H3,(H,25,26). The number of amides is 1. The van der Waals surface area contributed by atoms with Crippen molar-refractivity contribution >= 4 is 28.8 Å². The monoisotopic (exact) mass is 403 g/mol. The molecule has 0 aromatic heterocycles. The molecule has 0 bridgehead atoms. The van der Waals surface area contributed by atoms with Gasteiger partial charge in [-0.2, -0.15) is 0 Å². The van der Waals surface area contributed by atoms with E-state index in [9.17, 15) is 4.79 Å². The van der Waals surface area contributed by atoms with Gasteiger partial charge in [-0.25, -0.2) is 4.79 Å². The van der Waals surface area contributed by atoms with E-state index in [1.165, 1.54) is 0 Å². The first-order chi connectivity index (χ1) is 14.1. The third-order valence-electron chi connectivity index (χ3n) is 4.50. The SMILES string of the molecule is Cc1ccccc1OC(=O)NC(C)SC1=Cc2ccccc2Oc2ccccc21. The number of aryl methyl sites for hydroxylation is 1. The molecule has 5 heteroatoms. The lowest BCUT2D eigenvalue weighted by Gasteiger charge is -2.17. The van der Waals surface area contributed by atoms with E-state index in [0.717, 1.165) is 33.1 Å². The Bertz CT molecular complexity index is 1080. The van der Waals surface area contributed by atoms with E-state index in [0.29, 0.717) is 5.75 Å². The van der Waals surface area contributed by atoms with Gasteiger partial charge >= 0.3 is 6.09 Å². The molecule has 1 aliphatic heterocycles. The molecule has 146 valence electrons. The predicted octanol–water partition coefficient (Wildman–Crippen LogP) is 6.47. The van der Waals surface area contributed by atoms with E-state index in [2.05, 4.69) is 11.4 Å². The van der Waals surface area contributed by atoms with Gasteiger partial charge in [0, 0.05) is 16.0 Å². The summed E-state index contributed by atoms with van der Waals surface area (Å²) in [6.07, 6.45) is 1.62. The molecule has 0 fully saturated rings. The van der Waals surface area contributed by atoms with Crippen molar-refractivity contribution in [1.29, 1.82) is 0 Å². The minimum atomic E-state index is -0.474. The fourth-order valence-electron chi connectivity index (χ4n) is 3.07. The van der Waals surface area contributed by atoms with E-state index in [-0.39, 0.29) is 5.37 Å². The molecule has 0 spiro atoms. The summed E-state index contributed by atoms with van der Waals surface area (Å²) in [5, 5.41) is 2.70. The van der Waals surface area contributed by atoms with Gasteiger partial charge in [-0.05, 0) is 43.7 Å². The number of ether oxygens (including phenoxy) is 2. The first-order valence-corrected chi connectivity index (χ1v) is 10.3. The van der Waals surface area contributed by atoms with E-state index in [4.69, 9.17) is 9.47 Å². The van der Waals surface area contributed by atoms with Crippen LogP contribution >= 0.6 is 11.8 Å². The van der Waals surface area contributed by atoms with E-state index >= 15 is 0 Å². The molecule has 0 saturated carbocycles. The zero-order chi connectivity index (χ0) is 20.2. The molecule has 0 saturated heterocycles. The number of carbonyl (C=O) groups excluding carboxylic acids is 1. The first kappa shape index (κ1) is 19.2. The Morgan fingerprint density at radius 3 is 2.48 bits per heavy atom. The van der Waals surface area contributed by atoms with Crippen molar-refractivity contribution in [3.8, 4) is 17.2 Å². The van der Waals surface area contributed by atoms with Crippen LogP contribution in [-0.2, 0) is 0 Å². The minimum Gasteiger partial charge on any atom is -0.456 e. The molecule has 1 unspecified atom stereocenters. The molecular weight excluding hydrogens is 382 g/mol. The second-order valence-corrected chi connectivity index (χ2v) is 8.09. The number of thioether (sulfide) groups is 1. The van der Waals surface area contributed by atoms with Gasteiger partial charge in [0.25, 0.3) is 0 Å². The van der Waals surface area contributed by atoms with Crippen LogP contribution in [0.2, 0.25) is 0 Å². The van der Waals surface area contributed by atoms with E-state index < -0.39 is 6.09 Å². The van der Waals surface area contributed by atoms with Crippen LogP contribution in [0.3, 0.4) is 0 Å². The number of hydrogen-bond donors (Lipinski definition) is 1. The van der Waals surface area contributed by atoms with Crippen LogP contribution in [0.4, 0.5) is 4.79 Å². The van der Waals surface area contributed by atoms with Crippen molar-refractivity contribution < 1.29 is 14.3 Å². The number of fused-ring (bicyclic) bond motifs is 2. The van der Waals surface area contributed by atoms with Gasteiger partial charge in [0.15, 0.2) is 0 Å². The van der Waals surface area contributed by atoms with Crippen molar-refractivity contribution in [2.24, 2.45) is 0 Å². The Morgan fingerprint density at radius 1 is 0.966 bits per heavy atom. The highest BCUT2D eigenvalue weighted by molar-refractivity contribution is 8.09. The summed E-state index contributed by atoms with van der Waals surface area (Å²) >= 11 is 1.55. The maximum absolute atomic E-state index is 12.3. The Hall–Kier alpha value is -3.18. The molecule has 1 aliphatic rings. The van der Waals surface area contributed by atoms with Gasteiger partial charge < -0.3 is 14.8 Å². The summed E-state index contributed by atoms with van der Waals surface area (Å²) in [6, 6.07) is 23.3. The van der Waals surface area contributed by atoms with Gasteiger partial charge in [0.05, 0.1) is 5.37 Å². The maximum Gasteiger partial charge on any atom is 0.413 e. The lowest BCUT2D eigenvalue weighted by atomic mass is 10.1. The van der Waals surface area contributed by atoms with Crippen LogP contribution in [0, 0.1) is 6.92 Å². The van der Waals surface area contributed by atoms with Crippen LogP contribution in [0.5, 0.6) is 17.2 Å². The van der Waals surface area contributed by atoms with E-state index in [1.54, 1.807) is 17.8 Å². The molecular formula is C24H21NO3S. The summed E-state index contributed by atoms with van der Waals surface area (Å²) in [4.78, 5) is 13.4. The van der Waals surface area contributed by atoms with E-state index in [1.807, 2.05) is 80.6 Å². The third kappa shape index (κ3) is 4.46. The minimum absolute atomic E-state index is 0.198. The predicted molar refractivity (Wildman–Crippen MR) is 118 cm³/mol. The topological polar surface area (TPSA) is 47.6 Å². The summed E-state index contributed by atoms with van der Waals surface area (Å²) in [5.74, 6) is 2.17. The lowest BCUT2D eigenvalue weighted by molar-refractivity contribution is 0.200. The van der Waals surface area contributed by atoms with Gasteiger partial charge in [0.2, 0.25) is 0 Å². The Labute approximate surface area is 174 Å². The molecule has 1 N–H and O–H groups in total. The third-order valence-corrected chi connectivity index (χ3v) is 5.56. The van der Waals surface area contributed by atoms with Crippen LogP contribution in [0.15, 0.2) is 72.8 Å². The Morgan fingerprint density at radius 2 is 1.66 bits per heavy atom. The smallest absolute Gasteiger partial charge is 0.413 e. The van der Waals surface area contributed by atoms with Crippen molar-refractivity contribution in [2.75, 3.05) is 0 Å². The quantitative estimate of drug-likeness (QED) is 0.507. The average molecular weight is 404 g/mol. The molecule has 29 heavy (non-hydrogen) atoms. The van der Waals surface area contributed by atoms with Crippen LogP contribution in [-0.4, -0.2) is 11.5 Å². The molecule has 1 amide bonds. The number of rotatable bonds is 4. The fraction of sp³-hybridized carbons (Fsp3) is 0.125. The number of hydrogen-bond acceptors (Lipinski definition) is 4. The average Bonchev–Trinajstić information content (AvgIpc) is 2.86. The fourth-order valence-corrected chi connectivity index (χ4v) is 4.10. The molecule has 0 aliphatic carbocycles. The van der Waals surface area contributed by atoms with Crippen molar-refractivity contribution in [3.63, 3.8) is 0 Å². The second-order valence-electron chi connectivity index (χ2n) is 6.70. The maximum atomic E-state index is 12.3. The molecule has 1 heterocycles. The Balaban J connectivity index is 1.52. The van der Waals surface area contributed by atoms with Crippen molar-refractivity contribution in [3.05, 3.63) is 89.5 Å². The highest BCUT2D eigenvalue weighted by atomic mass is 32.2. The number of para-hydroxylation sites is 3. The van der Waals surface area contributed by atoms with Crippen LogP contribution < -0.4 is 14.8 Å². The van der Waals surface area contributed by atoms with Gasteiger partial charge in [-0.3, -0.25) is 0 Å². The van der Waals surface area contributed by atoms with Crippen LogP contribution in [0.1, 0.15) is 23.6 Å². The molecule has 0 radical (unpaired) electrons.